The number of nitrogens with one attached hydrogen (secondary N) is 2. The van der Waals surface area contributed by atoms with Crippen LogP contribution in [0.3, 0.4) is 0 Å². The molecule has 0 radical (unpaired) electrons. The van der Waals surface area contributed by atoms with Gasteiger partial charge >= 0.3 is 0 Å². The van der Waals surface area contributed by atoms with E-state index in [1.807, 2.05) is 6.92 Å². The molecule has 7 nitrogen and oxygen atoms in total. The molecule has 0 bridgehead atoms. The molecule has 0 aliphatic carbocycles. The van der Waals surface area contributed by atoms with E-state index in [2.05, 4.69) is 26.2 Å². The zero-order valence-electron chi connectivity index (χ0n) is 8.48. The maximum atomic E-state index is 11.3. The molecule has 0 saturated carbocycles. The van der Waals surface area contributed by atoms with Crippen LogP contribution in [-0.4, -0.2) is 38.7 Å². The number of hydrogen-bond acceptors (Lipinski definition) is 5. The number of carbonyl (C=O) groups is 1. The fraction of sp³-hybridized carbons (Fsp3) is 0.714. The van der Waals surface area contributed by atoms with Crippen molar-refractivity contribution in [2.75, 3.05) is 11.9 Å². The van der Waals surface area contributed by atoms with E-state index in [0.29, 0.717) is 12.5 Å². The number of rotatable bonds is 4. The third kappa shape index (κ3) is 2.41. The summed E-state index contributed by atoms with van der Waals surface area (Å²) < 4.78 is 1.47. The average molecular weight is 198 g/mol. The van der Waals surface area contributed by atoms with E-state index >= 15 is 0 Å². The Labute approximate surface area is 81.9 Å². The molecule has 0 saturated heterocycles. The van der Waals surface area contributed by atoms with Gasteiger partial charge < -0.3 is 10.6 Å². The Morgan fingerprint density at radius 3 is 2.86 bits per heavy atom. The number of nitrogens with zero attached hydrogens (tertiary/aromatic N) is 4. The SMILES string of the molecule is CCNC(=O)C(C)Nc1nnnn1C. The van der Waals surface area contributed by atoms with Crippen LogP contribution in [-0.2, 0) is 11.8 Å². The molecule has 14 heavy (non-hydrogen) atoms. The molecule has 1 unspecified atom stereocenters. The highest BCUT2D eigenvalue weighted by molar-refractivity contribution is 5.83. The second-order valence-electron chi connectivity index (χ2n) is 2.89. The molecular weight excluding hydrogens is 184 g/mol. The Hall–Kier alpha value is -1.66. The van der Waals surface area contributed by atoms with Gasteiger partial charge in [-0.1, -0.05) is 5.10 Å². The van der Waals surface area contributed by atoms with Crippen molar-refractivity contribution in [1.29, 1.82) is 0 Å². The number of amides is 1. The quantitative estimate of drug-likeness (QED) is 0.658. The summed E-state index contributed by atoms with van der Waals surface area (Å²) in [6.07, 6.45) is 0. The van der Waals surface area contributed by atoms with Gasteiger partial charge in [-0.2, -0.15) is 0 Å². The summed E-state index contributed by atoms with van der Waals surface area (Å²) in [6, 6.07) is -0.348. The molecule has 1 aromatic rings. The highest BCUT2D eigenvalue weighted by atomic mass is 16.2. The van der Waals surface area contributed by atoms with Crippen molar-refractivity contribution in [2.45, 2.75) is 19.9 Å². The first kappa shape index (κ1) is 10.4. The summed E-state index contributed by atoms with van der Waals surface area (Å²) in [5.41, 5.74) is 0. The molecule has 0 aliphatic rings. The topological polar surface area (TPSA) is 84.7 Å². The van der Waals surface area contributed by atoms with Crippen LogP contribution in [0.4, 0.5) is 5.95 Å². The first-order valence-corrected chi connectivity index (χ1v) is 4.41. The van der Waals surface area contributed by atoms with Crippen LogP contribution in [0.15, 0.2) is 0 Å². The van der Waals surface area contributed by atoms with Gasteiger partial charge in [-0.05, 0) is 24.3 Å². The smallest absolute Gasteiger partial charge is 0.243 e. The number of likely N-dealkylation sites (N-methyl/N-ethyl adjacent to an activating group) is 1. The summed E-state index contributed by atoms with van der Waals surface area (Å²) in [5.74, 6) is 0.402. The van der Waals surface area contributed by atoms with Gasteiger partial charge in [0, 0.05) is 13.6 Å². The minimum Gasteiger partial charge on any atom is -0.355 e. The number of hydrogen-bond donors (Lipinski definition) is 2. The van der Waals surface area contributed by atoms with E-state index in [9.17, 15) is 4.79 Å². The van der Waals surface area contributed by atoms with Crippen molar-refractivity contribution in [3.63, 3.8) is 0 Å². The molecule has 2 N–H and O–H groups in total. The highest BCUT2D eigenvalue weighted by Gasteiger charge is 2.13. The average Bonchev–Trinajstić information content (AvgIpc) is 2.52. The summed E-state index contributed by atoms with van der Waals surface area (Å²) >= 11 is 0. The van der Waals surface area contributed by atoms with Crippen molar-refractivity contribution < 1.29 is 4.79 Å². The fourth-order valence-electron chi connectivity index (χ4n) is 0.938. The molecule has 1 amide bonds. The van der Waals surface area contributed by atoms with Gasteiger partial charge in [0.2, 0.25) is 11.9 Å². The predicted octanol–water partition coefficient (Wildman–Crippen LogP) is -0.853. The molecule has 1 rings (SSSR count). The second-order valence-corrected chi connectivity index (χ2v) is 2.89. The predicted molar refractivity (Wildman–Crippen MR) is 50.6 cm³/mol. The zero-order chi connectivity index (χ0) is 10.6. The van der Waals surface area contributed by atoms with Gasteiger partial charge in [-0.3, -0.25) is 4.79 Å². The lowest BCUT2D eigenvalue weighted by molar-refractivity contribution is -0.121. The van der Waals surface area contributed by atoms with Crippen LogP contribution in [0.25, 0.3) is 0 Å². The second kappa shape index (κ2) is 4.54. The van der Waals surface area contributed by atoms with E-state index in [-0.39, 0.29) is 11.9 Å². The summed E-state index contributed by atoms with van der Waals surface area (Å²) in [7, 11) is 1.70. The third-order valence-electron chi connectivity index (χ3n) is 1.71. The van der Waals surface area contributed by atoms with E-state index in [0.717, 1.165) is 0 Å². The van der Waals surface area contributed by atoms with E-state index in [1.165, 1.54) is 4.68 Å². The molecule has 1 atom stereocenters. The molecule has 0 spiro atoms. The Morgan fingerprint density at radius 2 is 2.36 bits per heavy atom. The highest BCUT2D eigenvalue weighted by Crippen LogP contribution is 1.98. The van der Waals surface area contributed by atoms with Crippen LogP contribution in [0.5, 0.6) is 0 Å². The normalized spacial score (nSPS) is 12.2. The third-order valence-corrected chi connectivity index (χ3v) is 1.71. The molecule has 0 aromatic carbocycles. The van der Waals surface area contributed by atoms with Crippen molar-refractivity contribution in [3.05, 3.63) is 0 Å². The first-order chi connectivity index (χ1) is 6.65. The number of aryl methyl sites for hydroxylation is 1. The Bertz CT molecular complexity index is 309. The number of aromatic nitrogens is 4. The van der Waals surface area contributed by atoms with Crippen LogP contribution >= 0.6 is 0 Å². The molecule has 0 aliphatic heterocycles. The van der Waals surface area contributed by atoms with E-state index in [1.54, 1.807) is 14.0 Å². The van der Waals surface area contributed by atoms with Gasteiger partial charge in [0.15, 0.2) is 0 Å². The number of carbonyl (C=O) groups excluding carboxylic acids is 1. The number of anilines is 1. The standard InChI is InChI=1S/C7H14N6O/c1-4-8-6(14)5(2)9-7-10-11-12-13(7)3/h5H,4H2,1-3H3,(H,8,14)(H,9,10,12). The minimum absolute atomic E-state index is 0.0736. The summed E-state index contributed by atoms with van der Waals surface area (Å²) in [6.45, 7) is 4.23. The fourth-order valence-corrected chi connectivity index (χ4v) is 0.938. The van der Waals surface area contributed by atoms with Crippen LogP contribution in [0, 0.1) is 0 Å². The first-order valence-electron chi connectivity index (χ1n) is 4.41. The summed E-state index contributed by atoms with van der Waals surface area (Å²) in [5, 5.41) is 16.4. The lowest BCUT2D eigenvalue weighted by Crippen LogP contribution is -2.37. The molecule has 1 heterocycles. The maximum absolute atomic E-state index is 11.3. The minimum atomic E-state index is -0.348. The van der Waals surface area contributed by atoms with E-state index in [4.69, 9.17) is 0 Å². The van der Waals surface area contributed by atoms with Crippen molar-refractivity contribution in [1.82, 2.24) is 25.5 Å². The molecule has 1 aromatic heterocycles. The summed E-state index contributed by atoms with van der Waals surface area (Å²) in [4.78, 5) is 11.3. The molecule has 0 fully saturated rings. The van der Waals surface area contributed by atoms with Gasteiger partial charge in [0.25, 0.3) is 0 Å². The number of tetrazole rings is 1. The monoisotopic (exact) mass is 198 g/mol. The molecule has 78 valence electrons. The Balaban J connectivity index is 2.52. The molecule has 7 heteroatoms. The van der Waals surface area contributed by atoms with Crippen LogP contribution in [0.1, 0.15) is 13.8 Å². The van der Waals surface area contributed by atoms with Crippen molar-refractivity contribution in [3.8, 4) is 0 Å². The Kier molecular flexibility index (Phi) is 3.38. The largest absolute Gasteiger partial charge is 0.355 e. The van der Waals surface area contributed by atoms with Gasteiger partial charge in [0.05, 0.1) is 0 Å². The van der Waals surface area contributed by atoms with Crippen LogP contribution < -0.4 is 10.6 Å². The van der Waals surface area contributed by atoms with E-state index < -0.39 is 0 Å². The van der Waals surface area contributed by atoms with Crippen molar-refractivity contribution in [2.24, 2.45) is 7.05 Å². The lowest BCUT2D eigenvalue weighted by Gasteiger charge is -2.12. The zero-order valence-corrected chi connectivity index (χ0v) is 8.48. The Morgan fingerprint density at radius 1 is 1.64 bits per heavy atom. The van der Waals surface area contributed by atoms with Crippen LogP contribution in [0.2, 0.25) is 0 Å². The maximum Gasteiger partial charge on any atom is 0.243 e. The van der Waals surface area contributed by atoms with Gasteiger partial charge in [-0.25, -0.2) is 4.68 Å². The molecular formula is C7H14N6O. The van der Waals surface area contributed by atoms with Crippen molar-refractivity contribution >= 4 is 11.9 Å². The lowest BCUT2D eigenvalue weighted by atomic mass is 10.3. The van der Waals surface area contributed by atoms with Gasteiger partial charge in [-0.15, -0.1) is 0 Å². The van der Waals surface area contributed by atoms with Gasteiger partial charge in [0.1, 0.15) is 6.04 Å².